The van der Waals surface area contributed by atoms with Crippen molar-refractivity contribution in [3.05, 3.63) is 29.3 Å². The monoisotopic (exact) mass is 366 g/mol. The Morgan fingerprint density at radius 3 is 2.76 bits per heavy atom. The van der Waals surface area contributed by atoms with Gasteiger partial charge in [0.1, 0.15) is 6.04 Å². The lowest BCUT2D eigenvalue weighted by atomic mass is 10.2. The van der Waals surface area contributed by atoms with Gasteiger partial charge in [0.15, 0.2) is 0 Å². The Morgan fingerprint density at radius 2 is 2.08 bits per heavy atom. The normalized spacial score (nSPS) is 21.1. The SMILES string of the molecule is O=C(NCC(=O)N1CCN(c2cccc(Cl)c2)CC1)C1COCCN1. The molecule has 25 heavy (non-hydrogen) atoms. The first-order valence-corrected chi connectivity index (χ1v) is 8.88. The average Bonchev–Trinajstić information content (AvgIpc) is 2.66. The molecule has 1 aromatic rings. The molecule has 0 aromatic heterocycles. The summed E-state index contributed by atoms with van der Waals surface area (Å²) < 4.78 is 5.25. The first-order chi connectivity index (χ1) is 12.1. The Morgan fingerprint density at radius 1 is 1.28 bits per heavy atom. The van der Waals surface area contributed by atoms with Gasteiger partial charge in [0.25, 0.3) is 0 Å². The molecule has 0 spiro atoms. The second-order valence-electron chi connectivity index (χ2n) is 6.15. The summed E-state index contributed by atoms with van der Waals surface area (Å²) in [4.78, 5) is 28.3. The summed E-state index contributed by atoms with van der Waals surface area (Å²) in [5.41, 5.74) is 1.07. The van der Waals surface area contributed by atoms with Crippen LogP contribution in [-0.4, -0.2) is 75.2 Å². The third-order valence-electron chi connectivity index (χ3n) is 4.46. The highest BCUT2D eigenvalue weighted by Gasteiger charge is 2.24. The molecular formula is C17H23ClN4O3. The molecule has 136 valence electrons. The molecule has 0 radical (unpaired) electrons. The van der Waals surface area contributed by atoms with Gasteiger partial charge in [0.2, 0.25) is 11.8 Å². The van der Waals surface area contributed by atoms with Crippen molar-refractivity contribution in [1.29, 1.82) is 0 Å². The summed E-state index contributed by atoms with van der Waals surface area (Å²) in [6.45, 7) is 4.39. The van der Waals surface area contributed by atoms with Crippen molar-refractivity contribution in [2.75, 3.05) is 57.4 Å². The lowest BCUT2D eigenvalue weighted by Crippen LogP contribution is -2.54. The van der Waals surface area contributed by atoms with E-state index in [0.717, 1.165) is 18.8 Å². The number of nitrogens with zero attached hydrogens (tertiary/aromatic N) is 2. The van der Waals surface area contributed by atoms with Crippen molar-refractivity contribution in [1.82, 2.24) is 15.5 Å². The number of rotatable bonds is 4. The van der Waals surface area contributed by atoms with E-state index in [1.54, 1.807) is 4.90 Å². The molecule has 0 saturated carbocycles. The highest BCUT2D eigenvalue weighted by molar-refractivity contribution is 6.30. The number of hydrogen-bond acceptors (Lipinski definition) is 5. The first-order valence-electron chi connectivity index (χ1n) is 8.50. The quantitative estimate of drug-likeness (QED) is 0.790. The van der Waals surface area contributed by atoms with Gasteiger partial charge in [-0.1, -0.05) is 17.7 Å². The fourth-order valence-corrected chi connectivity index (χ4v) is 3.20. The Kier molecular flexibility index (Phi) is 6.12. The van der Waals surface area contributed by atoms with Crippen molar-refractivity contribution in [2.45, 2.75) is 6.04 Å². The number of morpholine rings is 1. The van der Waals surface area contributed by atoms with Crippen LogP contribution in [0.15, 0.2) is 24.3 Å². The van der Waals surface area contributed by atoms with Crippen LogP contribution in [-0.2, 0) is 14.3 Å². The largest absolute Gasteiger partial charge is 0.378 e. The highest BCUT2D eigenvalue weighted by Crippen LogP contribution is 2.20. The zero-order chi connectivity index (χ0) is 17.6. The molecule has 2 N–H and O–H groups in total. The minimum Gasteiger partial charge on any atom is -0.378 e. The molecule has 2 amide bonds. The third kappa shape index (κ3) is 4.84. The van der Waals surface area contributed by atoms with Gasteiger partial charge in [0.05, 0.1) is 19.8 Å². The topological polar surface area (TPSA) is 73.9 Å². The van der Waals surface area contributed by atoms with E-state index >= 15 is 0 Å². The number of benzene rings is 1. The third-order valence-corrected chi connectivity index (χ3v) is 4.69. The molecule has 3 rings (SSSR count). The van der Waals surface area contributed by atoms with Gasteiger partial charge in [-0.2, -0.15) is 0 Å². The number of nitrogens with one attached hydrogen (secondary N) is 2. The van der Waals surface area contributed by atoms with E-state index in [1.165, 1.54) is 0 Å². The smallest absolute Gasteiger partial charge is 0.242 e. The number of piperazine rings is 1. The van der Waals surface area contributed by atoms with Crippen LogP contribution in [0.3, 0.4) is 0 Å². The maximum absolute atomic E-state index is 12.3. The Labute approximate surface area is 152 Å². The van der Waals surface area contributed by atoms with Crippen molar-refractivity contribution in [3.63, 3.8) is 0 Å². The summed E-state index contributed by atoms with van der Waals surface area (Å²) in [6.07, 6.45) is 0. The fourth-order valence-electron chi connectivity index (χ4n) is 3.02. The van der Waals surface area contributed by atoms with E-state index in [-0.39, 0.29) is 24.4 Å². The van der Waals surface area contributed by atoms with Crippen LogP contribution in [0.25, 0.3) is 0 Å². The van der Waals surface area contributed by atoms with Gasteiger partial charge in [-0.3, -0.25) is 9.59 Å². The number of amides is 2. The van der Waals surface area contributed by atoms with Crippen molar-refractivity contribution < 1.29 is 14.3 Å². The highest BCUT2D eigenvalue weighted by atomic mass is 35.5. The van der Waals surface area contributed by atoms with Gasteiger partial charge in [-0.05, 0) is 18.2 Å². The van der Waals surface area contributed by atoms with Crippen LogP contribution >= 0.6 is 11.6 Å². The van der Waals surface area contributed by atoms with Gasteiger partial charge in [0, 0.05) is 43.4 Å². The minimum atomic E-state index is -0.374. The number of carbonyl (C=O) groups excluding carboxylic acids is 2. The van der Waals surface area contributed by atoms with Crippen LogP contribution in [0.2, 0.25) is 5.02 Å². The summed E-state index contributed by atoms with van der Waals surface area (Å²) in [5, 5.41) is 6.47. The second-order valence-corrected chi connectivity index (χ2v) is 6.58. The van der Waals surface area contributed by atoms with Gasteiger partial charge in [-0.25, -0.2) is 0 Å². The van der Waals surface area contributed by atoms with E-state index < -0.39 is 0 Å². The molecule has 0 aliphatic carbocycles. The molecule has 1 atom stereocenters. The standard InChI is InChI=1S/C17H23ClN4O3/c18-13-2-1-3-14(10-13)21-5-7-22(8-6-21)16(23)11-20-17(24)15-12-25-9-4-19-15/h1-3,10,15,19H,4-9,11-12H2,(H,20,24). The molecule has 2 saturated heterocycles. The minimum absolute atomic E-state index is 0.0220. The molecule has 8 heteroatoms. The van der Waals surface area contributed by atoms with Crippen LogP contribution in [0.1, 0.15) is 0 Å². The Hall–Kier alpha value is -1.83. The van der Waals surface area contributed by atoms with Crippen LogP contribution in [0.5, 0.6) is 0 Å². The van der Waals surface area contributed by atoms with E-state index in [2.05, 4.69) is 15.5 Å². The fraction of sp³-hybridized carbons (Fsp3) is 0.529. The summed E-state index contributed by atoms with van der Waals surface area (Å²) in [7, 11) is 0. The van der Waals surface area contributed by atoms with Crippen molar-refractivity contribution in [3.8, 4) is 0 Å². The molecule has 2 aliphatic rings. The number of halogens is 1. The van der Waals surface area contributed by atoms with E-state index in [4.69, 9.17) is 16.3 Å². The maximum atomic E-state index is 12.3. The average molecular weight is 367 g/mol. The molecule has 7 nitrogen and oxygen atoms in total. The Balaban J connectivity index is 1.43. The maximum Gasteiger partial charge on any atom is 0.242 e. The number of ether oxygens (including phenoxy) is 1. The van der Waals surface area contributed by atoms with Crippen molar-refractivity contribution in [2.24, 2.45) is 0 Å². The number of anilines is 1. The number of carbonyl (C=O) groups is 2. The lowest BCUT2D eigenvalue weighted by Gasteiger charge is -2.36. The van der Waals surface area contributed by atoms with Crippen LogP contribution < -0.4 is 15.5 Å². The predicted molar refractivity (Wildman–Crippen MR) is 95.9 cm³/mol. The van der Waals surface area contributed by atoms with Gasteiger partial charge in [-0.15, -0.1) is 0 Å². The molecule has 1 unspecified atom stereocenters. The second kappa shape index (κ2) is 8.51. The predicted octanol–water partition coefficient (Wildman–Crippen LogP) is 0.0932. The first kappa shape index (κ1) is 18.0. The van der Waals surface area contributed by atoms with Gasteiger partial charge < -0.3 is 25.2 Å². The molecule has 2 aliphatic heterocycles. The molecule has 2 fully saturated rings. The summed E-state index contributed by atoms with van der Waals surface area (Å²) in [5.74, 6) is -0.249. The van der Waals surface area contributed by atoms with Crippen molar-refractivity contribution >= 4 is 29.1 Å². The van der Waals surface area contributed by atoms with Crippen LogP contribution in [0.4, 0.5) is 5.69 Å². The van der Waals surface area contributed by atoms with Crippen LogP contribution in [0, 0.1) is 0 Å². The number of hydrogen-bond donors (Lipinski definition) is 2. The molecular weight excluding hydrogens is 344 g/mol. The molecule has 0 bridgehead atoms. The molecule has 2 heterocycles. The lowest BCUT2D eigenvalue weighted by molar-refractivity contribution is -0.134. The van der Waals surface area contributed by atoms with Gasteiger partial charge >= 0.3 is 0 Å². The van der Waals surface area contributed by atoms with E-state index in [1.807, 2.05) is 24.3 Å². The zero-order valence-corrected chi connectivity index (χ0v) is 14.8. The summed E-state index contributed by atoms with van der Waals surface area (Å²) in [6, 6.07) is 7.34. The molecule has 1 aromatic carbocycles. The summed E-state index contributed by atoms with van der Waals surface area (Å²) >= 11 is 6.03. The zero-order valence-electron chi connectivity index (χ0n) is 14.0. The Bertz CT molecular complexity index is 614. The van der Waals surface area contributed by atoms with E-state index in [0.29, 0.717) is 37.9 Å². The van der Waals surface area contributed by atoms with E-state index in [9.17, 15) is 9.59 Å².